The van der Waals surface area contributed by atoms with Crippen LogP contribution >= 0.6 is 0 Å². The molecule has 1 heterocycles. The minimum Gasteiger partial charge on any atom is -0.481 e. The highest BCUT2D eigenvalue weighted by Crippen LogP contribution is 2.28. The van der Waals surface area contributed by atoms with Crippen LogP contribution in [0.3, 0.4) is 0 Å². The largest absolute Gasteiger partial charge is 0.481 e. The van der Waals surface area contributed by atoms with E-state index in [1.54, 1.807) is 12.1 Å². The number of amides is 1. The number of carbonyl (C=O) groups excluding carboxylic acids is 1. The molecule has 1 aromatic heterocycles. The Labute approximate surface area is 110 Å². The molecule has 1 aliphatic carbocycles. The lowest BCUT2D eigenvalue weighted by atomic mass is 9.80. The van der Waals surface area contributed by atoms with Crippen LogP contribution in [-0.4, -0.2) is 35.1 Å². The minimum atomic E-state index is -0.805. The molecule has 6 nitrogen and oxygen atoms in total. The molecule has 0 bridgehead atoms. The first-order valence-corrected chi connectivity index (χ1v) is 6.06. The number of aromatic nitrogens is 1. The molecule has 6 heteroatoms. The van der Waals surface area contributed by atoms with Gasteiger partial charge in [0.1, 0.15) is 5.56 Å². The SMILES string of the molecule is COc1nc(C)ccc1C(=O)NC1CC(C(=O)O)C1. The lowest BCUT2D eigenvalue weighted by molar-refractivity contribution is -0.145. The number of rotatable bonds is 4. The van der Waals surface area contributed by atoms with Crippen molar-refractivity contribution in [3.05, 3.63) is 23.4 Å². The highest BCUT2D eigenvalue weighted by Gasteiger charge is 2.35. The standard InChI is InChI=1S/C13H16N2O4/c1-7-3-4-10(12(14-7)19-2)11(16)15-9-5-8(6-9)13(17)18/h3-4,8-9H,5-6H2,1-2H3,(H,15,16)(H,17,18). The monoisotopic (exact) mass is 264 g/mol. The van der Waals surface area contributed by atoms with E-state index in [1.165, 1.54) is 7.11 Å². The fourth-order valence-corrected chi connectivity index (χ4v) is 2.06. The van der Waals surface area contributed by atoms with E-state index in [1.807, 2.05) is 6.92 Å². The zero-order valence-corrected chi connectivity index (χ0v) is 10.8. The van der Waals surface area contributed by atoms with Gasteiger partial charge in [-0.1, -0.05) is 0 Å². The molecule has 0 atom stereocenters. The van der Waals surface area contributed by atoms with Crippen LogP contribution in [0.5, 0.6) is 5.88 Å². The highest BCUT2D eigenvalue weighted by atomic mass is 16.5. The summed E-state index contributed by atoms with van der Waals surface area (Å²) in [5, 5.41) is 11.6. The maximum Gasteiger partial charge on any atom is 0.306 e. The normalized spacial score (nSPS) is 21.4. The smallest absolute Gasteiger partial charge is 0.306 e. The van der Waals surface area contributed by atoms with Crippen molar-refractivity contribution in [3.63, 3.8) is 0 Å². The molecule has 1 aliphatic rings. The summed E-state index contributed by atoms with van der Waals surface area (Å²) in [6.45, 7) is 1.81. The van der Waals surface area contributed by atoms with Crippen LogP contribution in [0.2, 0.25) is 0 Å². The summed E-state index contributed by atoms with van der Waals surface area (Å²) in [6.07, 6.45) is 0.950. The maximum absolute atomic E-state index is 12.0. The Bertz CT molecular complexity index is 509. The summed E-state index contributed by atoms with van der Waals surface area (Å²) in [6, 6.07) is 3.31. The Morgan fingerprint density at radius 2 is 2.11 bits per heavy atom. The molecule has 0 unspecified atom stereocenters. The van der Waals surface area contributed by atoms with Crippen LogP contribution in [0.1, 0.15) is 28.9 Å². The molecule has 2 N–H and O–H groups in total. The van der Waals surface area contributed by atoms with Gasteiger partial charge in [-0.3, -0.25) is 9.59 Å². The Kier molecular flexibility index (Phi) is 3.69. The number of carboxylic acid groups (broad SMARTS) is 1. The number of aliphatic carboxylic acids is 1. The molecule has 0 radical (unpaired) electrons. The zero-order chi connectivity index (χ0) is 14.0. The van der Waals surface area contributed by atoms with Gasteiger partial charge in [0.05, 0.1) is 13.0 Å². The van der Waals surface area contributed by atoms with Crippen molar-refractivity contribution in [1.82, 2.24) is 10.3 Å². The second-order valence-electron chi connectivity index (χ2n) is 4.69. The number of carboxylic acids is 1. The average molecular weight is 264 g/mol. The fraction of sp³-hybridized carbons (Fsp3) is 0.462. The molecule has 0 spiro atoms. The van der Waals surface area contributed by atoms with E-state index >= 15 is 0 Å². The molecule has 0 aromatic carbocycles. The van der Waals surface area contributed by atoms with Crippen molar-refractivity contribution in [2.75, 3.05) is 7.11 Å². The van der Waals surface area contributed by atoms with Crippen molar-refractivity contribution < 1.29 is 19.4 Å². The first-order chi connectivity index (χ1) is 9.01. The molecule has 1 amide bonds. The molecule has 2 rings (SSSR count). The van der Waals surface area contributed by atoms with Crippen LogP contribution in [0.15, 0.2) is 12.1 Å². The molecule has 102 valence electrons. The molecule has 0 saturated heterocycles. The van der Waals surface area contributed by atoms with Gasteiger partial charge in [0, 0.05) is 11.7 Å². The third-order valence-electron chi connectivity index (χ3n) is 3.26. The molecular formula is C13H16N2O4. The van der Waals surface area contributed by atoms with E-state index in [4.69, 9.17) is 9.84 Å². The van der Waals surface area contributed by atoms with Crippen LogP contribution in [0.25, 0.3) is 0 Å². The van der Waals surface area contributed by atoms with Crippen molar-refractivity contribution in [2.45, 2.75) is 25.8 Å². The molecule has 1 aromatic rings. The van der Waals surface area contributed by atoms with Crippen LogP contribution in [-0.2, 0) is 4.79 Å². The summed E-state index contributed by atoms with van der Waals surface area (Å²) in [5.74, 6) is -1.15. The number of nitrogens with zero attached hydrogens (tertiary/aromatic N) is 1. The van der Waals surface area contributed by atoms with Gasteiger partial charge >= 0.3 is 5.97 Å². The second kappa shape index (κ2) is 5.26. The number of methoxy groups -OCH3 is 1. The van der Waals surface area contributed by atoms with Crippen molar-refractivity contribution in [3.8, 4) is 5.88 Å². The maximum atomic E-state index is 12.0. The van der Waals surface area contributed by atoms with Crippen molar-refractivity contribution >= 4 is 11.9 Å². The zero-order valence-electron chi connectivity index (χ0n) is 10.8. The van der Waals surface area contributed by atoms with Crippen LogP contribution < -0.4 is 10.1 Å². The lowest BCUT2D eigenvalue weighted by Crippen LogP contribution is -2.46. The average Bonchev–Trinajstić information content (AvgIpc) is 2.32. The number of hydrogen-bond donors (Lipinski definition) is 2. The molecule has 1 fully saturated rings. The summed E-state index contributed by atoms with van der Waals surface area (Å²) < 4.78 is 5.07. The number of carbonyl (C=O) groups is 2. The van der Waals surface area contributed by atoms with Crippen LogP contribution in [0.4, 0.5) is 0 Å². The molecule has 0 aliphatic heterocycles. The first-order valence-electron chi connectivity index (χ1n) is 6.06. The lowest BCUT2D eigenvalue weighted by Gasteiger charge is -2.32. The van der Waals surface area contributed by atoms with Gasteiger partial charge in [-0.05, 0) is 31.9 Å². The van der Waals surface area contributed by atoms with Gasteiger partial charge < -0.3 is 15.2 Å². The first kappa shape index (κ1) is 13.3. The summed E-state index contributed by atoms with van der Waals surface area (Å²) >= 11 is 0. The van der Waals surface area contributed by atoms with E-state index in [-0.39, 0.29) is 23.7 Å². The topological polar surface area (TPSA) is 88.5 Å². The van der Waals surface area contributed by atoms with E-state index in [2.05, 4.69) is 10.3 Å². The third-order valence-corrected chi connectivity index (χ3v) is 3.26. The quantitative estimate of drug-likeness (QED) is 0.846. The number of nitrogens with one attached hydrogen (secondary N) is 1. The molecular weight excluding hydrogens is 248 g/mol. The Morgan fingerprint density at radius 3 is 2.68 bits per heavy atom. The van der Waals surface area contributed by atoms with E-state index in [9.17, 15) is 9.59 Å². The number of aryl methyl sites for hydroxylation is 1. The number of pyridine rings is 1. The predicted molar refractivity (Wildman–Crippen MR) is 67.1 cm³/mol. The fourth-order valence-electron chi connectivity index (χ4n) is 2.06. The summed E-state index contributed by atoms with van der Waals surface area (Å²) in [4.78, 5) is 26.8. The number of hydrogen-bond acceptors (Lipinski definition) is 4. The summed E-state index contributed by atoms with van der Waals surface area (Å²) in [5.41, 5.74) is 1.13. The van der Waals surface area contributed by atoms with Crippen LogP contribution in [0, 0.1) is 12.8 Å². The van der Waals surface area contributed by atoms with Gasteiger partial charge in [-0.25, -0.2) is 4.98 Å². The van der Waals surface area contributed by atoms with E-state index in [0.29, 0.717) is 18.4 Å². The molecule has 19 heavy (non-hydrogen) atoms. The van der Waals surface area contributed by atoms with Gasteiger partial charge in [0.25, 0.3) is 5.91 Å². The van der Waals surface area contributed by atoms with Gasteiger partial charge in [0.2, 0.25) is 5.88 Å². The highest BCUT2D eigenvalue weighted by molar-refractivity contribution is 5.96. The van der Waals surface area contributed by atoms with E-state index in [0.717, 1.165) is 5.69 Å². The second-order valence-corrected chi connectivity index (χ2v) is 4.69. The van der Waals surface area contributed by atoms with E-state index < -0.39 is 5.97 Å². The minimum absolute atomic E-state index is 0.0837. The van der Waals surface area contributed by atoms with Crippen molar-refractivity contribution in [2.24, 2.45) is 5.92 Å². The van der Waals surface area contributed by atoms with Gasteiger partial charge in [-0.15, -0.1) is 0 Å². The third kappa shape index (κ3) is 2.83. The Morgan fingerprint density at radius 1 is 1.42 bits per heavy atom. The number of ether oxygens (including phenoxy) is 1. The predicted octanol–water partition coefficient (Wildman–Crippen LogP) is 0.992. The summed E-state index contributed by atoms with van der Waals surface area (Å²) in [7, 11) is 1.46. The van der Waals surface area contributed by atoms with Crippen molar-refractivity contribution in [1.29, 1.82) is 0 Å². The Balaban J connectivity index is 1.99. The van der Waals surface area contributed by atoms with Gasteiger partial charge in [0.15, 0.2) is 0 Å². The molecule has 1 saturated carbocycles. The Hall–Kier alpha value is -2.11. The van der Waals surface area contributed by atoms with Gasteiger partial charge in [-0.2, -0.15) is 0 Å².